The maximum absolute atomic E-state index is 15.2. The van der Waals surface area contributed by atoms with Crippen molar-refractivity contribution in [2.75, 3.05) is 0 Å². The average molecular weight is 675 g/mol. The first-order valence-corrected chi connectivity index (χ1v) is 14.9. The van der Waals surface area contributed by atoms with Gasteiger partial charge in [0.05, 0.1) is 0 Å². The van der Waals surface area contributed by atoms with Gasteiger partial charge in [-0.15, -0.1) is 13.2 Å². The minimum absolute atomic E-state index is 0.0721. The molecule has 0 heterocycles. The van der Waals surface area contributed by atoms with Crippen molar-refractivity contribution in [3.8, 4) is 44.9 Å². The minimum atomic E-state index is -5.03. The second-order valence-electron chi connectivity index (χ2n) is 11.0. The van der Waals surface area contributed by atoms with Crippen LogP contribution in [-0.2, 0) is 12.5 Å². The molecule has 0 aliphatic heterocycles. The van der Waals surface area contributed by atoms with Crippen LogP contribution < -0.4 is 9.47 Å². The van der Waals surface area contributed by atoms with Crippen molar-refractivity contribution in [3.05, 3.63) is 131 Å². The maximum Gasteiger partial charge on any atom is 0.573 e. The van der Waals surface area contributed by atoms with E-state index in [-0.39, 0.29) is 16.7 Å². The highest BCUT2D eigenvalue weighted by atomic mass is 19.4. The van der Waals surface area contributed by atoms with Gasteiger partial charge in [0.1, 0.15) is 40.3 Å². The molecule has 0 spiro atoms. The monoisotopic (exact) mass is 674 g/mol. The summed E-state index contributed by atoms with van der Waals surface area (Å²) in [4.78, 5) is 0. The number of alkyl halides is 5. The Morgan fingerprint density at radius 3 is 1.52 bits per heavy atom. The van der Waals surface area contributed by atoms with E-state index in [1.165, 1.54) is 23.8 Å². The molecule has 0 saturated carbocycles. The summed E-state index contributed by atoms with van der Waals surface area (Å²) in [6, 6.07) is 19.4. The van der Waals surface area contributed by atoms with Crippen molar-refractivity contribution in [2.24, 2.45) is 0 Å². The molecule has 2 nitrogen and oxygen atoms in total. The van der Waals surface area contributed by atoms with E-state index in [0.29, 0.717) is 42.0 Å². The number of unbranched alkanes of at least 4 members (excludes halogenated alkanes) is 2. The molecule has 250 valence electrons. The molecule has 0 atom stereocenters. The van der Waals surface area contributed by atoms with Crippen LogP contribution in [0.3, 0.4) is 0 Å². The van der Waals surface area contributed by atoms with Gasteiger partial charge in [-0.1, -0.05) is 68.3 Å². The number of rotatable bonds is 11. The summed E-state index contributed by atoms with van der Waals surface area (Å²) in [6.07, 6.45) is -5.33. The van der Waals surface area contributed by atoms with Gasteiger partial charge >= 0.3 is 12.5 Å². The molecule has 5 aromatic rings. The molecule has 5 aromatic carbocycles. The highest BCUT2D eigenvalue weighted by Gasteiger charge is 2.41. The van der Waals surface area contributed by atoms with Gasteiger partial charge in [0.25, 0.3) is 0 Å². The number of ether oxygens (including phenoxy) is 2. The summed E-state index contributed by atoms with van der Waals surface area (Å²) in [6.45, 7) is 2.13. The molecular formula is C37H27F9O2. The third kappa shape index (κ3) is 8.13. The van der Waals surface area contributed by atoms with Gasteiger partial charge < -0.3 is 9.47 Å². The van der Waals surface area contributed by atoms with Gasteiger partial charge in [0.15, 0.2) is 0 Å². The molecule has 11 heteroatoms. The molecule has 0 aliphatic rings. The average Bonchev–Trinajstić information content (AvgIpc) is 3.01. The van der Waals surface area contributed by atoms with Gasteiger partial charge in [-0.05, 0) is 89.2 Å². The molecule has 48 heavy (non-hydrogen) atoms. The first-order valence-electron chi connectivity index (χ1n) is 14.9. The lowest BCUT2D eigenvalue weighted by molar-refractivity contribution is -0.274. The Balaban J connectivity index is 1.33. The lowest BCUT2D eigenvalue weighted by Gasteiger charge is -2.20. The summed E-state index contributed by atoms with van der Waals surface area (Å²) in [5.74, 6) is -6.61. The van der Waals surface area contributed by atoms with Gasteiger partial charge in [-0.3, -0.25) is 0 Å². The van der Waals surface area contributed by atoms with Crippen molar-refractivity contribution in [3.63, 3.8) is 0 Å². The number of benzene rings is 5. The highest BCUT2D eigenvalue weighted by Crippen LogP contribution is 2.39. The Morgan fingerprint density at radius 1 is 0.500 bits per heavy atom. The van der Waals surface area contributed by atoms with Gasteiger partial charge in [-0.25, -0.2) is 17.6 Å². The number of aryl methyl sites for hydroxylation is 1. The summed E-state index contributed by atoms with van der Waals surface area (Å²) in [5, 5.41) is 0. The maximum atomic E-state index is 15.2. The van der Waals surface area contributed by atoms with E-state index < -0.39 is 58.4 Å². The van der Waals surface area contributed by atoms with Crippen molar-refractivity contribution >= 4 is 0 Å². The van der Waals surface area contributed by atoms with E-state index >= 15 is 8.78 Å². The SMILES string of the molecule is CCCCCc1ccc(-c2ccc(-c3ccc(-c4cc(F)c(C(F)(F)Oc5ccc(OC(F)(F)F)cc5)c(F)c4)c(F)c3)c(F)c2)cc1. The van der Waals surface area contributed by atoms with Crippen LogP contribution in [0.5, 0.6) is 11.5 Å². The standard InChI is InChI=1S/C37H27F9O2/c1-2-3-4-5-22-6-8-23(9-7-22)24-10-16-29(31(38)18-24)25-11-17-30(32(39)19-25)26-20-33(40)35(34(41)21-26)36(42,43)47-27-12-14-28(15-13-27)48-37(44,45)46/h6-21H,2-5H2,1H3. The molecular weight excluding hydrogens is 647 g/mol. The van der Waals surface area contributed by atoms with Crippen LogP contribution in [-0.4, -0.2) is 6.36 Å². The predicted molar refractivity (Wildman–Crippen MR) is 163 cm³/mol. The van der Waals surface area contributed by atoms with E-state index in [2.05, 4.69) is 16.4 Å². The summed E-state index contributed by atoms with van der Waals surface area (Å²) in [5.41, 5.74) is 0.250. The highest BCUT2D eigenvalue weighted by molar-refractivity contribution is 5.74. The Labute approximate surface area is 270 Å². The van der Waals surface area contributed by atoms with Crippen LogP contribution >= 0.6 is 0 Å². The summed E-state index contributed by atoms with van der Waals surface area (Å²) < 4.78 is 135. The fourth-order valence-corrected chi connectivity index (χ4v) is 5.20. The van der Waals surface area contributed by atoms with Crippen molar-refractivity contribution in [1.82, 2.24) is 0 Å². The smallest absolute Gasteiger partial charge is 0.429 e. The lowest BCUT2D eigenvalue weighted by atomic mass is 9.96. The quantitative estimate of drug-likeness (QED) is 0.103. The second kappa shape index (κ2) is 14.0. The van der Waals surface area contributed by atoms with Crippen molar-refractivity contribution < 1.29 is 49.0 Å². The normalized spacial score (nSPS) is 11.9. The molecule has 0 N–H and O–H groups in total. The number of halogens is 9. The van der Waals surface area contributed by atoms with Gasteiger partial charge in [0.2, 0.25) is 0 Å². The first kappa shape index (κ1) is 34.4. The van der Waals surface area contributed by atoms with Crippen LogP contribution in [0.2, 0.25) is 0 Å². The molecule has 0 radical (unpaired) electrons. The zero-order chi connectivity index (χ0) is 34.6. The fourth-order valence-electron chi connectivity index (χ4n) is 5.20. The molecule has 0 amide bonds. The number of hydrogen-bond acceptors (Lipinski definition) is 2. The molecule has 5 rings (SSSR count). The molecule has 0 aromatic heterocycles. The van der Waals surface area contributed by atoms with Crippen molar-refractivity contribution in [2.45, 2.75) is 45.1 Å². The molecule has 0 aliphatic carbocycles. The zero-order valence-corrected chi connectivity index (χ0v) is 25.3. The predicted octanol–water partition coefficient (Wildman–Crippen LogP) is 12.0. The Hall–Kier alpha value is -4.93. The number of hydrogen-bond donors (Lipinski definition) is 0. The van der Waals surface area contributed by atoms with Crippen molar-refractivity contribution in [1.29, 1.82) is 0 Å². The van der Waals surface area contributed by atoms with Crippen LogP contribution in [0.4, 0.5) is 39.5 Å². The third-order valence-electron chi connectivity index (χ3n) is 7.55. The molecule has 0 saturated heterocycles. The topological polar surface area (TPSA) is 18.5 Å². The lowest BCUT2D eigenvalue weighted by Crippen LogP contribution is -2.25. The van der Waals surface area contributed by atoms with E-state index in [0.717, 1.165) is 43.4 Å². The minimum Gasteiger partial charge on any atom is -0.429 e. The summed E-state index contributed by atoms with van der Waals surface area (Å²) in [7, 11) is 0. The second-order valence-corrected chi connectivity index (χ2v) is 11.0. The van der Waals surface area contributed by atoms with Crippen LogP contribution in [0, 0.1) is 23.3 Å². The van der Waals surface area contributed by atoms with E-state index in [1.807, 2.05) is 24.3 Å². The molecule has 0 unspecified atom stereocenters. The summed E-state index contributed by atoms with van der Waals surface area (Å²) >= 11 is 0. The van der Waals surface area contributed by atoms with E-state index in [9.17, 15) is 30.7 Å². The Kier molecular flexibility index (Phi) is 10.1. The molecule has 0 fully saturated rings. The van der Waals surface area contributed by atoms with E-state index in [4.69, 9.17) is 0 Å². The van der Waals surface area contributed by atoms with Gasteiger partial charge in [-0.2, -0.15) is 8.78 Å². The van der Waals surface area contributed by atoms with Gasteiger partial charge in [0, 0.05) is 11.1 Å². The fraction of sp³-hybridized carbons (Fsp3) is 0.189. The van der Waals surface area contributed by atoms with E-state index in [1.54, 1.807) is 6.07 Å². The zero-order valence-electron chi connectivity index (χ0n) is 25.3. The van der Waals surface area contributed by atoms with Crippen LogP contribution in [0.25, 0.3) is 33.4 Å². The Bertz CT molecular complexity index is 1860. The van der Waals surface area contributed by atoms with Crippen LogP contribution in [0.15, 0.2) is 97.1 Å². The van der Waals surface area contributed by atoms with Crippen LogP contribution in [0.1, 0.15) is 37.3 Å². The Morgan fingerprint density at radius 2 is 0.979 bits per heavy atom. The largest absolute Gasteiger partial charge is 0.573 e. The third-order valence-corrected chi connectivity index (χ3v) is 7.55. The molecule has 0 bridgehead atoms. The first-order chi connectivity index (χ1) is 22.7.